The first-order valence-corrected chi connectivity index (χ1v) is 9.80. The Kier molecular flexibility index (Phi) is 7.65. The van der Waals surface area contributed by atoms with Crippen LogP contribution in [0.25, 0.3) is 0 Å². The Labute approximate surface area is 126 Å². The Bertz CT molecular complexity index is 486. The minimum absolute atomic E-state index is 0.0217. The van der Waals surface area contributed by atoms with E-state index in [1.807, 2.05) is 13.2 Å². The molecule has 1 aromatic heterocycles. The molecule has 1 heterocycles. The smallest absolute Gasteiger partial charge is 0.242 e. The standard InChI is InChI=1S/C13H25N3O2S2/c1-4-6-14-8-12-7-13(9-15-12)20(17,18)16-11(5-2)10-19-3/h7,9,11,14-16H,4-6,8,10H2,1-3H3. The molecule has 1 aromatic rings. The van der Waals surface area contributed by atoms with Crippen LogP contribution in [0.3, 0.4) is 0 Å². The highest BCUT2D eigenvalue weighted by Gasteiger charge is 2.20. The zero-order valence-corrected chi connectivity index (χ0v) is 14.0. The molecule has 0 aliphatic heterocycles. The molecule has 3 N–H and O–H groups in total. The van der Waals surface area contributed by atoms with Crippen molar-refractivity contribution < 1.29 is 8.42 Å². The number of rotatable bonds is 10. The van der Waals surface area contributed by atoms with Gasteiger partial charge in [0.1, 0.15) is 0 Å². The molecule has 0 bridgehead atoms. The van der Waals surface area contributed by atoms with E-state index >= 15 is 0 Å². The van der Waals surface area contributed by atoms with Gasteiger partial charge in [-0.1, -0.05) is 13.8 Å². The van der Waals surface area contributed by atoms with Gasteiger partial charge in [0, 0.05) is 30.2 Å². The van der Waals surface area contributed by atoms with Gasteiger partial charge in [-0.3, -0.25) is 0 Å². The average molecular weight is 319 g/mol. The summed E-state index contributed by atoms with van der Waals surface area (Å²) in [6, 6.07) is 1.67. The summed E-state index contributed by atoms with van der Waals surface area (Å²) in [6.07, 6.45) is 5.37. The summed E-state index contributed by atoms with van der Waals surface area (Å²) in [6.45, 7) is 5.66. The minimum atomic E-state index is -3.43. The van der Waals surface area contributed by atoms with Crippen LogP contribution in [0, 0.1) is 0 Å². The van der Waals surface area contributed by atoms with Gasteiger partial charge in [0.25, 0.3) is 0 Å². The van der Waals surface area contributed by atoms with Gasteiger partial charge in [-0.05, 0) is 31.7 Å². The van der Waals surface area contributed by atoms with Gasteiger partial charge in [-0.25, -0.2) is 13.1 Å². The van der Waals surface area contributed by atoms with Crippen LogP contribution in [0.15, 0.2) is 17.2 Å². The van der Waals surface area contributed by atoms with E-state index in [9.17, 15) is 8.42 Å². The normalized spacial score (nSPS) is 13.6. The monoisotopic (exact) mass is 319 g/mol. The zero-order valence-electron chi connectivity index (χ0n) is 12.4. The SMILES string of the molecule is CCCNCc1cc(S(=O)(=O)NC(CC)CSC)c[nH]1. The van der Waals surface area contributed by atoms with Crippen molar-refractivity contribution in [3.63, 3.8) is 0 Å². The maximum Gasteiger partial charge on any atom is 0.242 e. The van der Waals surface area contributed by atoms with E-state index in [1.165, 1.54) is 0 Å². The van der Waals surface area contributed by atoms with Crippen LogP contribution in [-0.2, 0) is 16.6 Å². The summed E-state index contributed by atoms with van der Waals surface area (Å²) in [5.74, 6) is 0.783. The Balaban J connectivity index is 2.67. The Morgan fingerprint density at radius 1 is 1.40 bits per heavy atom. The molecule has 1 rings (SSSR count). The lowest BCUT2D eigenvalue weighted by Crippen LogP contribution is -2.35. The lowest BCUT2D eigenvalue weighted by molar-refractivity contribution is 0.558. The maximum absolute atomic E-state index is 12.3. The third-order valence-corrected chi connectivity index (χ3v) is 5.19. The minimum Gasteiger partial charge on any atom is -0.363 e. The molecule has 5 nitrogen and oxygen atoms in total. The molecule has 7 heteroatoms. The topological polar surface area (TPSA) is 74.0 Å². The molecule has 1 atom stereocenters. The van der Waals surface area contributed by atoms with Crippen LogP contribution in [-0.4, -0.2) is 38.0 Å². The predicted molar refractivity (Wildman–Crippen MR) is 85.6 cm³/mol. The second-order valence-electron chi connectivity index (χ2n) is 4.72. The van der Waals surface area contributed by atoms with Gasteiger partial charge in [-0.2, -0.15) is 11.8 Å². The van der Waals surface area contributed by atoms with E-state index in [0.717, 1.165) is 30.8 Å². The number of thioether (sulfide) groups is 1. The summed E-state index contributed by atoms with van der Waals surface area (Å²) in [7, 11) is -3.43. The van der Waals surface area contributed by atoms with E-state index in [-0.39, 0.29) is 6.04 Å². The van der Waals surface area contributed by atoms with E-state index in [2.05, 4.69) is 21.9 Å². The quantitative estimate of drug-likeness (QED) is 0.576. The summed E-state index contributed by atoms with van der Waals surface area (Å²) in [5, 5.41) is 3.24. The third-order valence-electron chi connectivity index (χ3n) is 2.95. The summed E-state index contributed by atoms with van der Waals surface area (Å²) >= 11 is 1.64. The molecule has 0 saturated carbocycles. The largest absolute Gasteiger partial charge is 0.363 e. The highest BCUT2D eigenvalue weighted by atomic mass is 32.2. The first-order chi connectivity index (χ1) is 9.53. The summed E-state index contributed by atoms with van der Waals surface area (Å²) in [5.41, 5.74) is 0.886. The molecule has 1 unspecified atom stereocenters. The third kappa shape index (κ3) is 5.47. The van der Waals surface area contributed by atoms with E-state index < -0.39 is 10.0 Å². The van der Waals surface area contributed by atoms with E-state index in [4.69, 9.17) is 0 Å². The van der Waals surface area contributed by atoms with Crippen molar-refractivity contribution in [2.45, 2.75) is 44.2 Å². The van der Waals surface area contributed by atoms with Crippen LogP contribution in [0.5, 0.6) is 0 Å². The Hall–Kier alpha value is -0.500. The molecule has 0 aliphatic rings. The number of aromatic amines is 1. The second-order valence-corrected chi connectivity index (χ2v) is 7.34. The van der Waals surface area contributed by atoms with Crippen LogP contribution in [0.2, 0.25) is 0 Å². The lowest BCUT2D eigenvalue weighted by atomic mass is 10.3. The highest BCUT2D eigenvalue weighted by molar-refractivity contribution is 7.98. The number of sulfonamides is 1. The van der Waals surface area contributed by atoms with Crippen molar-refractivity contribution in [1.82, 2.24) is 15.0 Å². The number of nitrogens with one attached hydrogen (secondary N) is 3. The van der Waals surface area contributed by atoms with E-state index in [1.54, 1.807) is 24.0 Å². The van der Waals surface area contributed by atoms with Gasteiger partial charge < -0.3 is 10.3 Å². The number of H-pyrrole nitrogens is 1. The van der Waals surface area contributed by atoms with Crippen LogP contribution >= 0.6 is 11.8 Å². The number of hydrogen-bond acceptors (Lipinski definition) is 4. The number of hydrogen-bond donors (Lipinski definition) is 3. The summed E-state index contributed by atoms with van der Waals surface area (Å²) in [4.78, 5) is 3.32. The molecule has 116 valence electrons. The molecular formula is C13H25N3O2S2. The van der Waals surface area contributed by atoms with Crippen LogP contribution in [0.1, 0.15) is 32.4 Å². The molecule has 0 aromatic carbocycles. The molecule has 0 radical (unpaired) electrons. The molecule has 20 heavy (non-hydrogen) atoms. The van der Waals surface area contributed by atoms with Crippen LogP contribution < -0.4 is 10.0 Å². The fourth-order valence-electron chi connectivity index (χ4n) is 1.80. The lowest BCUT2D eigenvalue weighted by Gasteiger charge is -2.15. The van der Waals surface area contributed by atoms with Gasteiger partial charge in [0.05, 0.1) is 4.90 Å². The van der Waals surface area contributed by atoms with Gasteiger partial charge in [-0.15, -0.1) is 0 Å². The average Bonchev–Trinajstić information content (AvgIpc) is 2.88. The summed E-state index contributed by atoms with van der Waals surface area (Å²) < 4.78 is 27.3. The maximum atomic E-state index is 12.3. The highest BCUT2D eigenvalue weighted by Crippen LogP contribution is 2.13. The number of aromatic nitrogens is 1. The van der Waals surface area contributed by atoms with Crippen molar-refractivity contribution >= 4 is 21.8 Å². The molecule has 0 fully saturated rings. The van der Waals surface area contributed by atoms with Crippen LogP contribution in [0.4, 0.5) is 0 Å². The van der Waals surface area contributed by atoms with Crippen molar-refractivity contribution in [3.8, 4) is 0 Å². The van der Waals surface area contributed by atoms with E-state index in [0.29, 0.717) is 11.4 Å². The molecule has 0 aliphatic carbocycles. The Morgan fingerprint density at radius 2 is 2.15 bits per heavy atom. The van der Waals surface area contributed by atoms with Crippen molar-refractivity contribution in [2.24, 2.45) is 0 Å². The molecule has 0 spiro atoms. The molecular weight excluding hydrogens is 294 g/mol. The van der Waals surface area contributed by atoms with Gasteiger partial charge in [0.2, 0.25) is 10.0 Å². The molecule has 0 saturated heterocycles. The van der Waals surface area contributed by atoms with Crippen molar-refractivity contribution in [2.75, 3.05) is 18.6 Å². The second kappa shape index (κ2) is 8.71. The van der Waals surface area contributed by atoms with Gasteiger partial charge >= 0.3 is 0 Å². The van der Waals surface area contributed by atoms with Gasteiger partial charge in [0.15, 0.2) is 0 Å². The van der Waals surface area contributed by atoms with Crippen molar-refractivity contribution in [3.05, 3.63) is 18.0 Å². The first kappa shape index (κ1) is 17.6. The fourth-order valence-corrected chi connectivity index (χ4v) is 3.96. The van der Waals surface area contributed by atoms with Crippen molar-refractivity contribution in [1.29, 1.82) is 0 Å². The zero-order chi connectivity index (χ0) is 15.0. The first-order valence-electron chi connectivity index (χ1n) is 6.92. The Morgan fingerprint density at radius 3 is 2.75 bits per heavy atom. The molecule has 0 amide bonds. The fraction of sp³-hybridized carbons (Fsp3) is 0.692. The predicted octanol–water partition coefficient (Wildman–Crippen LogP) is 1.93.